The minimum absolute atomic E-state index is 0. The molecular weight excluding hydrogens is 391 g/mol. The maximum absolute atomic E-state index is 9.06. The summed E-state index contributed by atoms with van der Waals surface area (Å²) >= 11 is 0. The predicted octanol–water partition coefficient (Wildman–Crippen LogP) is 2.30. The second-order valence-corrected chi connectivity index (χ2v) is 5.72. The molecule has 0 heterocycles. The molecule has 0 aliphatic heterocycles. The number of aliphatic hydroxyl groups is 1. The van der Waals surface area contributed by atoms with E-state index in [0.29, 0.717) is 12.6 Å². The number of hydrogen-bond donors (Lipinski definition) is 3. The average molecular weight is 428 g/mol. The summed E-state index contributed by atoms with van der Waals surface area (Å²) in [7, 11) is 0. The van der Waals surface area contributed by atoms with Crippen molar-refractivity contribution in [2.75, 3.05) is 39.3 Å². The van der Waals surface area contributed by atoms with E-state index in [1.165, 1.54) is 6.42 Å². The van der Waals surface area contributed by atoms with Gasteiger partial charge in [-0.3, -0.25) is 4.99 Å². The number of nitrogens with one attached hydrogen (secondary N) is 2. The van der Waals surface area contributed by atoms with E-state index in [1.807, 2.05) is 6.92 Å². The van der Waals surface area contributed by atoms with Crippen LogP contribution in [-0.2, 0) is 0 Å². The smallest absolute Gasteiger partial charge is 0.191 e. The van der Waals surface area contributed by atoms with Crippen molar-refractivity contribution >= 4 is 29.9 Å². The summed E-state index contributed by atoms with van der Waals surface area (Å²) in [6.07, 6.45) is 2.33. The summed E-state index contributed by atoms with van der Waals surface area (Å²) in [6, 6.07) is 0.405. The van der Waals surface area contributed by atoms with Gasteiger partial charge in [-0.1, -0.05) is 20.8 Å². The van der Waals surface area contributed by atoms with Gasteiger partial charge in [-0.05, 0) is 52.2 Å². The molecule has 0 spiro atoms. The Morgan fingerprint density at radius 1 is 1.18 bits per heavy atom. The van der Waals surface area contributed by atoms with Crippen LogP contribution in [0.15, 0.2) is 4.99 Å². The minimum atomic E-state index is 0. The topological polar surface area (TPSA) is 59.9 Å². The summed E-state index contributed by atoms with van der Waals surface area (Å²) in [5.74, 6) is 1.06. The van der Waals surface area contributed by atoms with E-state index in [4.69, 9.17) is 5.11 Å². The van der Waals surface area contributed by atoms with E-state index < -0.39 is 0 Å². The molecule has 0 amide bonds. The average Bonchev–Trinajstić information content (AvgIpc) is 2.49. The fraction of sp³-hybridized carbons (Fsp3) is 0.938. The van der Waals surface area contributed by atoms with Gasteiger partial charge in [-0.15, -0.1) is 24.0 Å². The van der Waals surface area contributed by atoms with Crippen molar-refractivity contribution < 1.29 is 5.11 Å². The van der Waals surface area contributed by atoms with Gasteiger partial charge in [0.1, 0.15) is 0 Å². The fourth-order valence-corrected chi connectivity index (χ4v) is 2.09. The van der Waals surface area contributed by atoms with Crippen LogP contribution < -0.4 is 10.6 Å². The Labute approximate surface area is 154 Å². The predicted molar refractivity (Wildman–Crippen MR) is 107 cm³/mol. The summed E-state index contributed by atoms with van der Waals surface area (Å²) in [5.41, 5.74) is 0. The molecular formula is C16H37IN4O. The first-order valence-electron chi connectivity index (χ1n) is 8.45. The van der Waals surface area contributed by atoms with Crippen LogP contribution in [0.25, 0.3) is 0 Å². The van der Waals surface area contributed by atoms with Crippen LogP contribution in [0.3, 0.4) is 0 Å². The molecule has 134 valence electrons. The molecule has 0 radical (unpaired) electrons. The Bertz CT molecular complexity index is 273. The molecule has 0 aromatic heterocycles. The third-order valence-corrected chi connectivity index (χ3v) is 3.61. The number of aliphatic hydroxyl groups excluding tert-OH is 1. The molecule has 0 rings (SSSR count). The summed E-state index contributed by atoms with van der Waals surface area (Å²) in [6.45, 7) is 15.8. The molecule has 0 fully saturated rings. The van der Waals surface area contributed by atoms with Crippen molar-refractivity contribution in [3.8, 4) is 0 Å². The summed E-state index contributed by atoms with van der Waals surface area (Å²) in [5, 5.41) is 15.8. The lowest BCUT2D eigenvalue weighted by molar-refractivity contribution is 0.241. The van der Waals surface area contributed by atoms with Crippen molar-refractivity contribution in [1.82, 2.24) is 15.5 Å². The number of halogens is 1. The van der Waals surface area contributed by atoms with E-state index in [-0.39, 0.29) is 36.5 Å². The summed E-state index contributed by atoms with van der Waals surface area (Å²) < 4.78 is 0. The Balaban J connectivity index is 0. The van der Waals surface area contributed by atoms with Crippen molar-refractivity contribution in [2.45, 2.75) is 53.5 Å². The molecule has 0 bridgehead atoms. The van der Waals surface area contributed by atoms with E-state index >= 15 is 0 Å². The van der Waals surface area contributed by atoms with Crippen LogP contribution in [0.4, 0.5) is 0 Å². The van der Waals surface area contributed by atoms with Crippen LogP contribution in [-0.4, -0.2) is 61.3 Å². The van der Waals surface area contributed by atoms with Crippen molar-refractivity contribution in [3.05, 3.63) is 0 Å². The normalized spacial score (nSPS) is 14.4. The van der Waals surface area contributed by atoms with Gasteiger partial charge in [0, 0.05) is 25.7 Å². The largest absolute Gasteiger partial charge is 0.396 e. The molecule has 2 atom stereocenters. The molecule has 0 saturated carbocycles. The standard InChI is InChI=1S/C16H36N4O.HI/c1-6-17-16(18-12-14(4)13-21)19-15(5)10-9-11-20(7-2)8-3;/h14-15,21H,6-13H2,1-5H3,(H2,17,18,19);1H. The maximum Gasteiger partial charge on any atom is 0.191 e. The first kappa shape index (κ1) is 24.2. The second-order valence-electron chi connectivity index (χ2n) is 5.72. The van der Waals surface area contributed by atoms with E-state index in [9.17, 15) is 0 Å². The quantitative estimate of drug-likeness (QED) is 0.269. The third-order valence-electron chi connectivity index (χ3n) is 3.61. The van der Waals surface area contributed by atoms with Crippen LogP contribution in [0.5, 0.6) is 0 Å². The first-order valence-corrected chi connectivity index (χ1v) is 8.45. The SMILES string of the molecule is CCNC(=NCC(C)CO)NC(C)CCCN(CC)CC.I. The molecule has 0 aromatic carbocycles. The highest BCUT2D eigenvalue weighted by Crippen LogP contribution is 2.00. The highest BCUT2D eigenvalue weighted by molar-refractivity contribution is 14.0. The number of nitrogens with zero attached hydrogens (tertiary/aromatic N) is 2. The van der Waals surface area contributed by atoms with E-state index in [1.54, 1.807) is 0 Å². The molecule has 0 saturated heterocycles. The van der Waals surface area contributed by atoms with Gasteiger partial charge in [0.25, 0.3) is 0 Å². The van der Waals surface area contributed by atoms with Crippen LogP contribution in [0.1, 0.15) is 47.5 Å². The number of hydrogen-bond acceptors (Lipinski definition) is 3. The van der Waals surface area contributed by atoms with Gasteiger partial charge in [0.2, 0.25) is 0 Å². The second kappa shape index (κ2) is 15.8. The molecule has 2 unspecified atom stereocenters. The monoisotopic (exact) mass is 428 g/mol. The van der Waals surface area contributed by atoms with Gasteiger partial charge in [-0.25, -0.2) is 0 Å². The Kier molecular flexibility index (Phi) is 17.4. The van der Waals surface area contributed by atoms with Crippen molar-refractivity contribution in [3.63, 3.8) is 0 Å². The first-order chi connectivity index (χ1) is 10.1. The molecule has 3 N–H and O–H groups in total. The molecule has 22 heavy (non-hydrogen) atoms. The molecule has 0 aliphatic rings. The van der Waals surface area contributed by atoms with Gasteiger partial charge in [0.05, 0.1) is 0 Å². The Morgan fingerprint density at radius 3 is 2.32 bits per heavy atom. The van der Waals surface area contributed by atoms with Gasteiger partial charge >= 0.3 is 0 Å². The maximum atomic E-state index is 9.06. The van der Waals surface area contributed by atoms with E-state index in [2.05, 4.69) is 48.2 Å². The number of guanidine groups is 1. The fourth-order valence-electron chi connectivity index (χ4n) is 2.09. The van der Waals surface area contributed by atoms with Crippen LogP contribution in [0.2, 0.25) is 0 Å². The lowest BCUT2D eigenvalue weighted by atomic mass is 10.2. The lowest BCUT2D eigenvalue weighted by Crippen LogP contribution is -2.42. The third kappa shape index (κ3) is 12.5. The zero-order chi connectivity index (χ0) is 16.1. The Hall–Kier alpha value is -0.0800. The molecule has 0 aliphatic carbocycles. The Morgan fingerprint density at radius 2 is 1.82 bits per heavy atom. The zero-order valence-corrected chi connectivity index (χ0v) is 17.4. The minimum Gasteiger partial charge on any atom is -0.396 e. The highest BCUT2D eigenvalue weighted by atomic mass is 127. The zero-order valence-electron chi connectivity index (χ0n) is 15.1. The van der Waals surface area contributed by atoms with Gasteiger partial charge in [0.15, 0.2) is 5.96 Å². The lowest BCUT2D eigenvalue weighted by Gasteiger charge is -2.21. The summed E-state index contributed by atoms with van der Waals surface area (Å²) in [4.78, 5) is 6.98. The highest BCUT2D eigenvalue weighted by Gasteiger charge is 2.07. The molecule has 5 nitrogen and oxygen atoms in total. The molecule has 6 heteroatoms. The van der Waals surface area contributed by atoms with Crippen LogP contribution in [0, 0.1) is 5.92 Å². The van der Waals surface area contributed by atoms with Gasteiger partial charge < -0.3 is 20.6 Å². The van der Waals surface area contributed by atoms with Crippen LogP contribution >= 0.6 is 24.0 Å². The van der Waals surface area contributed by atoms with Crippen molar-refractivity contribution in [1.29, 1.82) is 0 Å². The van der Waals surface area contributed by atoms with E-state index in [0.717, 1.165) is 38.6 Å². The van der Waals surface area contributed by atoms with Gasteiger partial charge in [-0.2, -0.15) is 0 Å². The number of aliphatic imine (C=N–C) groups is 1. The van der Waals surface area contributed by atoms with Crippen molar-refractivity contribution in [2.24, 2.45) is 10.9 Å². The molecule has 0 aromatic rings. The number of rotatable bonds is 11.